The van der Waals surface area contributed by atoms with Crippen LogP contribution in [0.4, 0.5) is 23.2 Å². The topological polar surface area (TPSA) is 24.1 Å². The van der Waals surface area contributed by atoms with E-state index in [1.807, 2.05) is 6.92 Å². The minimum Gasteiger partial charge on any atom is -0.362 e. The van der Waals surface area contributed by atoms with Crippen molar-refractivity contribution >= 4 is 23.0 Å². The summed E-state index contributed by atoms with van der Waals surface area (Å²) >= 11 is 4.88. The molecule has 1 aromatic rings. The van der Waals surface area contributed by atoms with Crippen molar-refractivity contribution < 1.29 is 17.6 Å². The lowest BCUT2D eigenvalue weighted by Gasteiger charge is -2.13. The summed E-state index contributed by atoms with van der Waals surface area (Å²) in [7, 11) is 0. The first-order chi connectivity index (χ1) is 8.84. The smallest absolute Gasteiger partial charge is 0.362 e. The second kappa shape index (κ2) is 6.70. The summed E-state index contributed by atoms with van der Waals surface area (Å²) in [6.45, 7) is 2.58. The summed E-state index contributed by atoms with van der Waals surface area (Å²) < 4.78 is 50.8. The molecule has 1 rings (SSSR count). The average molecular weight is 294 g/mol. The molecule has 0 aliphatic carbocycles. The average Bonchev–Trinajstić information content (AvgIpc) is 2.31. The van der Waals surface area contributed by atoms with E-state index in [1.165, 1.54) is 0 Å². The molecule has 0 heterocycles. The third-order valence-corrected chi connectivity index (χ3v) is 2.60. The number of anilines is 1. The zero-order valence-electron chi connectivity index (χ0n) is 10.3. The Hall–Kier alpha value is -1.37. The maximum atomic E-state index is 13.4. The van der Waals surface area contributed by atoms with Crippen LogP contribution in [0, 0.1) is 5.82 Å². The summed E-state index contributed by atoms with van der Waals surface area (Å²) in [6, 6.07) is 2.15. The number of thiocarbonyl (C=S) groups is 1. The maximum Gasteiger partial charge on any atom is 0.416 e. The Morgan fingerprint density at radius 2 is 2.00 bits per heavy atom. The molecule has 0 aliphatic heterocycles. The Morgan fingerprint density at radius 3 is 2.58 bits per heavy atom. The zero-order chi connectivity index (χ0) is 14.5. The highest BCUT2D eigenvalue weighted by molar-refractivity contribution is 7.80. The number of alkyl halides is 3. The third-order valence-electron chi connectivity index (χ3n) is 2.36. The van der Waals surface area contributed by atoms with Gasteiger partial charge in [-0.05, 0) is 36.8 Å². The number of benzene rings is 1. The molecule has 0 aromatic heterocycles. The lowest BCUT2D eigenvalue weighted by Crippen LogP contribution is -2.29. The highest BCUT2D eigenvalue weighted by Gasteiger charge is 2.31. The molecule has 0 unspecified atom stereocenters. The Labute approximate surface area is 114 Å². The van der Waals surface area contributed by atoms with Gasteiger partial charge in [0, 0.05) is 6.54 Å². The summed E-state index contributed by atoms with van der Waals surface area (Å²) in [6.07, 6.45) is -2.69. The summed E-state index contributed by atoms with van der Waals surface area (Å²) in [5.41, 5.74) is -1.21. The molecule has 0 saturated carbocycles. The summed E-state index contributed by atoms with van der Waals surface area (Å²) in [4.78, 5) is 0. The molecule has 0 aliphatic rings. The first kappa shape index (κ1) is 15.7. The summed E-state index contributed by atoms with van der Waals surface area (Å²) in [5, 5.41) is 5.32. The number of halogens is 4. The first-order valence-electron chi connectivity index (χ1n) is 5.76. The van der Waals surface area contributed by atoms with Gasteiger partial charge in [0.1, 0.15) is 5.82 Å². The van der Waals surface area contributed by atoms with Crippen LogP contribution in [-0.4, -0.2) is 11.7 Å². The lowest BCUT2D eigenvalue weighted by molar-refractivity contribution is -0.137. The van der Waals surface area contributed by atoms with Crippen LogP contribution >= 0.6 is 12.2 Å². The van der Waals surface area contributed by atoms with Crippen molar-refractivity contribution in [2.75, 3.05) is 11.9 Å². The van der Waals surface area contributed by atoms with Gasteiger partial charge in [0.2, 0.25) is 0 Å². The van der Waals surface area contributed by atoms with Crippen molar-refractivity contribution in [1.82, 2.24) is 5.32 Å². The molecule has 0 fully saturated rings. The standard InChI is InChI=1S/C12H14F4N2S/c1-2-3-6-17-11(19)18-10-7-8(12(14,15)16)4-5-9(10)13/h4-5,7H,2-3,6H2,1H3,(H2,17,18,19). The van der Waals surface area contributed by atoms with Crippen LogP contribution in [0.2, 0.25) is 0 Å². The molecule has 2 N–H and O–H groups in total. The van der Waals surface area contributed by atoms with Crippen molar-refractivity contribution in [2.24, 2.45) is 0 Å². The third kappa shape index (κ3) is 5.02. The van der Waals surface area contributed by atoms with Gasteiger partial charge in [-0.2, -0.15) is 13.2 Å². The van der Waals surface area contributed by atoms with Gasteiger partial charge in [-0.1, -0.05) is 13.3 Å². The van der Waals surface area contributed by atoms with E-state index in [2.05, 4.69) is 10.6 Å². The minimum atomic E-state index is -4.51. The number of nitrogens with one attached hydrogen (secondary N) is 2. The SMILES string of the molecule is CCCCNC(=S)Nc1cc(C(F)(F)F)ccc1F. The second-order valence-corrected chi connectivity index (χ2v) is 4.34. The van der Waals surface area contributed by atoms with Crippen molar-refractivity contribution in [3.8, 4) is 0 Å². The highest BCUT2D eigenvalue weighted by atomic mass is 32.1. The fourth-order valence-corrected chi connectivity index (χ4v) is 1.55. The zero-order valence-corrected chi connectivity index (χ0v) is 11.1. The quantitative estimate of drug-likeness (QED) is 0.500. The molecule has 0 atom stereocenters. The fourth-order valence-electron chi connectivity index (χ4n) is 1.34. The molecule has 19 heavy (non-hydrogen) atoms. The normalized spacial score (nSPS) is 11.2. The molecule has 0 amide bonds. The van der Waals surface area contributed by atoms with E-state index >= 15 is 0 Å². The molecular formula is C12H14F4N2S. The molecule has 7 heteroatoms. The maximum absolute atomic E-state index is 13.4. The molecule has 0 bridgehead atoms. The van der Waals surface area contributed by atoms with E-state index in [4.69, 9.17) is 12.2 Å². The minimum absolute atomic E-state index is 0.103. The van der Waals surface area contributed by atoms with Crippen LogP contribution in [0.3, 0.4) is 0 Å². The summed E-state index contributed by atoms with van der Waals surface area (Å²) in [5.74, 6) is -0.785. The monoisotopic (exact) mass is 294 g/mol. The van der Waals surface area contributed by atoms with Crippen molar-refractivity contribution in [3.05, 3.63) is 29.6 Å². The Bertz CT molecular complexity index is 446. The Morgan fingerprint density at radius 1 is 1.32 bits per heavy atom. The number of rotatable bonds is 4. The van der Waals surface area contributed by atoms with Gasteiger partial charge in [-0.3, -0.25) is 0 Å². The second-order valence-electron chi connectivity index (χ2n) is 3.93. The van der Waals surface area contributed by atoms with E-state index in [1.54, 1.807) is 0 Å². The first-order valence-corrected chi connectivity index (χ1v) is 6.17. The number of unbranched alkanes of at least 4 members (excludes halogenated alkanes) is 1. The van der Waals surface area contributed by atoms with Crippen LogP contribution in [0.25, 0.3) is 0 Å². The molecule has 106 valence electrons. The van der Waals surface area contributed by atoms with Crippen molar-refractivity contribution in [3.63, 3.8) is 0 Å². The van der Waals surface area contributed by atoms with E-state index < -0.39 is 17.6 Å². The van der Waals surface area contributed by atoms with Crippen LogP contribution in [0.5, 0.6) is 0 Å². The molecule has 2 nitrogen and oxygen atoms in total. The highest BCUT2D eigenvalue weighted by Crippen LogP contribution is 2.31. The Kier molecular flexibility index (Phi) is 5.53. The fraction of sp³-hybridized carbons (Fsp3) is 0.417. The van der Waals surface area contributed by atoms with E-state index in [9.17, 15) is 17.6 Å². The molecular weight excluding hydrogens is 280 g/mol. The van der Waals surface area contributed by atoms with E-state index in [-0.39, 0.29) is 10.8 Å². The molecule has 1 aromatic carbocycles. The van der Waals surface area contributed by atoms with Crippen LogP contribution in [0.15, 0.2) is 18.2 Å². The van der Waals surface area contributed by atoms with Crippen LogP contribution in [-0.2, 0) is 6.18 Å². The number of hydrogen-bond acceptors (Lipinski definition) is 1. The predicted molar refractivity (Wildman–Crippen MR) is 70.5 cm³/mol. The van der Waals surface area contributed by atoms with Crippen LogP contribution in [0.1, 0.15) is 25.3 Å². The van der Waals surface area contributed by atoms with E-state index in [0.29, 0.717) is 18.7 Å². The Balaban J connectivity index is 2.74. The van der Waals surface area contributed by atoms with Gasteiger partial charge in [0.15, 0.2) is 5.11 Å². The molecule has 0 spiro atoms. The van der Waals surface area contributed by atoms with Gasteiger partial charge < -0.3 is 10.6 Å². The van der Waals surface area contributed by atoms with Gasteiger partial charge in [0.25, 0.3) is 0 Å². The van der Waals surface area contributed by atoms with E-state index in [0.717, 1.165) is 18.9 Å². The van der Waals surface area contributed by atoms with Crippen molar-refractivity contribution in [1.29, 1.82) is 0 Å². The van der Waals surface area contributed by atoms with Gasteiger partial charge in [0.05, 0.1) is 11.3 Å². The lowest BCUT2D eigenvalue weighted by atomic mass is 10.2. The van der Waals surface area contributed by atoms with Gasteiger partial charge in [-0.15, -0.1) is 0 Å². The largest absolute Gasteiger partial charge is 0.416 e. The van der Waals surface area contributed by atoms with Crippen LogP contribution < -0.4 is 10.6 Å². The van der Waals surface area contributed by atoms with Crippen molar-refractivity contribution in [2.45, 2.75) is 25.9 Å². The van der Waals surface area contributed by atoms with Gasteiger partial charge >= 0.3 is 6.18 Å². The predicted octanol–water partition coefficient (Wildman–Crippen LogP) is 3.93. The van der Waals surface area contributed by atoms with Gasteiger partial charge in [-0.25, -0.2) is 4.39 Å². The molecule has 0 radical (unpaired) electrons. The number of hydrogen-bond donors (Lipinski definition) is 2. The molecule has 0 saturated heterocycles.